The number of rotatable bonds is 28. The number of aryl methyl sites for hydroxylation is 1. The minimum absolute atomic E-state index is 0.0397. The van der Waals surface area contributed by atoms with Gasteiger partial charge in [0.2, 0.25) is 23.6 Å². The van der Waals surface area contributed by atoms with Crippen LogP contribution < -0.4 is 37.2 Å². The molecule has 18 heteroatoms. The van der Waals surface area contributed by atoms with Crippen molar-refractivity contribution in [3.8, 4) is 11.1 Å². The Labute approximate surface area is 408 Å². The molecule has 2 aromatic rings. The van der Waals surface area contributed by atoms with Crippen molar-refractivity contribution in [1.29, 1.82) is 0 Å². The van der Waals surface area contributed by atoms with Gasteiger partial charge in [0.05, 0.1) is 0 Å². The molecule has 0 bridgehead atoms. The fraction of sp³-hybridized carbons (Fsp3) is 0.608. The van der Waals surface area contributed by atoms with Crippen LogP contribution in [-0.2, 0) is 39.9 Å². The highest BCUT2D eigenvalue weighted by Crippen LogP contribution is 2.21. The number of unbranched alkanes of at least 4 members (excludes halogenated alkanes) is 3. The summed E-state index contributed by atoms with van der Waals surface area (Å²) in [6.45, 7) is 18.0. The average molecular weight is 966 g/mol. The predicted octanol–water partition coefficient (Wildman–Crippen LogP) is 6.30. The van der Waals surface area contributed by atoms with E-state index >= 15 is 0 Å². The number of nitrogens with one attached hydrogen (secondary N) is 7. The van der Waals surface area contributed by atoms with Crippen molar-refractivity contribution in [2.24, 2.45) is 5.92 Å². The number of carbonyl (C=O) groups excluding carboxylic acids is 7. The Bertz CT molecular complexity index is 1980. The molecule has 0 spiro atoms. The Balaban J connectivity index is 2.19. The Kier molecular flexibility index (Phi) is 25.3. The van der Waals surface area contributed by atoms with Crippen LogP contribution in [0, 0.1) is 5.92 Å². The van der Waals surface area contributed by atoms with E-state index in [0.29, 0.717) is 31.2 Å². The highest BCUT2D eigenvalue weighted by atomic mass is 16.6. The van der Waals surface area contributed by atoms with E-state index < -0.39 is 77.2 Å². The van der Waals surface area contributed by atoms with Gasteiger partial charge in [0, 0.05) is 31.6 Å². The van der Waals surface area contributed by atoms with Gasteiger partial charge in [-0.3, -0.25) is 24.0 Å². The van der Waals surface area contributed by atoms with Crippen molar-refractivity contribution >= 4 is 47.7 Å². The molecule has 69 heavy (non-hydrogen) atoms. The molecule has 0 radical (unpaired) electrons. The van der Waals surface area contributed by atoms with Crippen molar-refractivity contribution in [3.63, 3.8) is 0 Å². The van der Waals surface area contributed by atoms with Gasteiger partial charge in [0.15, 0.2) is 0 Å². The number of carboxylic acid groups (broad SMARTS) is 1. The maximum absolute atomic E-state index is 14.0. The third-order valence-electron chi connectivity index (χ3n) is 10.4. The van der Waals surface area contributed by atoms with Crippen molar-refractivity contribution < 1.29 is 52.9 Å². The number of carboxylic acids is 1. The van der Waals surface area contributed by atoms with E-state index in [1.54, 1.807) is 53.7 Å². The number of benzene rings is 2. The zero-order chi connectivity index (χ0) is 51.7. The Morgan fingerprint density at radius 1 is 0.565 bits per heavy atom. The molecule has 7 amide bonds. The molecule has 2 aromatic carbocycles. The number of amides is 7. The lowest BCUT2D eigenvalue weighted by Crippen LogP contribution is -2.57. The maximum Gasteiger partial charge on any atom is 0.407 e. The minimum atomic E-state index is -1.22. The predicted molar refractivity (Wildman–Crippen MR) is 264 cm³/mol. The molecule has 0 unspecified atom stereocenters. The summed E-state index contributed by atoms with van der Waals surface area (Å²) in [6, 6.07) is 10.8. The molecule has 0 saturated carbocycles. The van der Waals surface area contributed by atoms with Crippen molar-refractivity contribution in [3.05, 3.63) is 59.7 Å². The van der Waals surface area contributed by atoms with Crippen LogP contribution >= 0.6 is 0 Å². The molecule has 0 aliphatic heterocycles. The zero-order valence-electron chi connectivity index (χ0n) is 42.4. The summed E-state index contributed by atoms with van der Waals surface area (Å²) < 4.78 is 10.6. The van der Waals surface area contributed by atoms with E-state index in [-0.39, 0.29) is 57.1 Å². The molecule has 0 aliphatic carbocycles. The highest BCUT2D eigenvalue weighted by molar-refractivity contribution is 5.96. The molecule has 0 aliphatic rings. The SMILES string of the molecule is CCCCc1ccc(-c2ccc(C(=O)NCCC(=O)N[C@@H](CCCCNC(=O)OC(C)(C)C)C(=O)N[C@@H](CCCCNC(=O)OC(C)(C)C)C(=O)N[C@@H](C)C(=O)N[C@@H](CC(C)C)C(=O)O)cc2)cc1. The fourth-order valence-electron chi connectivity index (χ4n) is 6.85. The molecule has 18 nitrogen and oxygen atoms in total. The van der Waals surface area contributed by atoms with Crippen molar-refractivity contribution in [1.82, 2.24) is 37.2 Å². The van der Waals surface area contributed by atoms with Crippen LogP contribution in [0.3, 0.4) is 0 Å². The molecule has 8 N–H and O–H groups in total. The average Bonchev–Trinajstić information content (AvgIpc) is 3.25. The zero-order valence-corrected chi connectivity index (χ0v) is 42.4. The third kappa shape index (κ3) is 25.1. The van der Waals surface area contributed by atoms with Gasteiger partial charge in [0.1, 0.15) is 35.4 Å². The van der Waals surface area contributed by atoms with Crippen LogP contribution in [0.15, 0.2) is 48.5 Å². The van der Waals surface area contributed by atoms with E-state index in [9.17, 15) is 43.5 Å². The summed E-state index contributed by atoms with van der Waals surface area (Å²) >= 11 is 0. The summed E-state index contributed by atoms with van der Waals surface area (Å²) in [7, 11) is 0. The molecule has 0 saturated heterocycles. The van der Waals surface area contributed by atoms with E-state index in [0.717, 1.165) is 30.4 Å². The lowest BCUT2D eigenvalue weighted by atomic mass is 10.0. The lowest BCUT2D eigenvalue weighted by Gasteiger charge is -2.25. The quantitative estimate of drug-likeness (QED) is 0.0439. The monoisotopic (exact) mass is 966 g/mol. The van der Waals surface area contributed by atoms with Crippen molar-refractivity contribution in [2.75, 3.05) is 19.6 Å². The first-order chi connectivity index (χ1) is 32.4. The minimum Gasteiger partial charge on any atom is -0.480 e. The van der Waals surface area contributed by atoms with Crippen LogP contribution in [0.4, 0.5) is 9.59 Å². The summed E-state index contributed by atoms with van der Waals surface area (Å²) in [5.41, 5.74) is 2.26. The topological polar surface area (TPSA) is 259 Å². The molecule has 0 fully saturated rings. The maximum atomic E-state index is 14.0. The van der Waals surface area contributed by atoms with E-state index in [2.05, 4.69) is 68.4 Å². The third-order valence-corrected chi connectivity index (χ3v) is 10.4. The van der Waals surface area contributed by atoms with E-state index in [1.807, 2.05) is 26.0 Å². The first-order valence-electron chi connectivity index (χ1n) is 24.2. The molecule has 384 valence electrons. The van der Waals surface area contributed by atoms with Gasteiger partial charge in [-0.1, -0.05) is 63.6 Å². The van der Waals surface area contributed by atoms with Crippen LogP contribution in [0.1, 0.15) is 149 Å². The van der Waals surface area contributed by atoms with Gasteiger partial charge in [-0.2, -0.15) is 0 Å². The second-order valence-electron chi connectivity index (χ2n) is 19.7. The number of hydrogen-bond acceptors (Lipinski definition) is 10. The second-order valence-corrected chi connectivity index (χ2v) is 19.7. The number of carbonyl (C=O) groups is 8. The molecule has 0 heterocycles. The normalized spacial score (nSPS) is 13.1. The van der Waals surface area contributed by atoms with Crippen molar-refractivity contribution in [2.45, 2.75) is 175 Å². The van der Waals surface area contributed by atoms with E-state index in [1.165, 1.54) is 12.5 Å². The summed E-state index contributed by atoms with van der Waals surface area (Å²) in [6.07, 6.45) is 3.69. The van der Waals surface area contributed by atoms with Crippen LogP contribution in [0.5, 0.6) is 0 Å². The standard InChI is InChI=1S/C51H79N7O11/c1-11-12-17-35-20-22-36(23-21-35)37-24-26-38(27-25-37)44(61)52-31-28-42(59)56-39(18-13-15-29-53-48(66)68-50(5,6)7)46(63)57-40(19-14-16-30-54-49(67)69-51(8,9)10)45(62)55-34(4)43(60)58-41(47(64)65)32-33(2)3/h20-27,33-34,39-41H,11-19,28-32H2,1-10H3,(H,52,61)(H,53,66)(H,54,67)(H,55,62)(H,56,59)(H,57,63)(H,58,60)(H,64,65)/t34-,39-,40-,41-/m0/s1. The van der Waals surface area contributed by atoms with Gasteiger partial charge in [-0.15, -0.1) is 0 Å². The van der Waals surface area contributed by atoms with Crippen LogP contribution in [0.2, 0.25) is 0 Å². The smallest absolute Gasteiger partial charge is 0.407 e. The Morgan fingerprint density at radius 3 is 1.52 bits per heavy atom. The lowest BCUT2D eigenvalue weighted by molar-refractivity contribution is -0.142. The van der Waals surface area contributed by atoms with Gasteiger partial charge >= 0.3 is 18.2 Å². The van der Waals surface area contributed by atoms with Crippen LogP contribution in [0.25, 0.3) is 11.1 Å². The Hall–Kier alpha value is -6.20. The first-order valence-corrected chi connectivity index (χ1v) is 24.2. The number of aliphatic carboxylic acids is 1. The van der Waals surface area contributed by atoms with Gasteiger partial charge in [0.25, 0.3) is 5.91 Å². The number of alkyl carbamates (subject to hydrolysis) is 2. The summed E-state index contributed by atoms with van der Waals surface area (Å²) in [4.78, 5) is 104. The highest BCUT2D eigenvalue weighted by Gasteiger charge is 2.30. The van der Waals surface area contributed by atoms with Gasteiger partial charge < -0.3 is 51.8 Å². The largest absolute Gasteiger partial charge is 0.480 e. The fourth-order valence-corrected chi connectivity index (χ4v) is 6.85. The molecule has 4 atom stereocenters. The summed E-state index contributed by atoms with van der Waals surface area (Å²) in [5.74, 6) is -4.36. The van der Waals surface area contributed by atoms with Gasteiger partial charge in [-0.25, -0.2) is 14.4 Å². The second kappa shape index (κ2) is 29.6. The molecular formula is C51H79N7O11. The van der Waals surface area contributed by atoms with Gasteiger partial charge in [-0.05, 0) is 141 Å². The molecule has 2 rings (SSSR count). The number of ether oxygens (including phenoxy) is 2. The first kappa shape index (κ1) is 58.9. The molecule has 0 aromatic heterocycles. The summed E-state index contributed by atoms with van der Waals surface area (Å²) in [5, 5.41) is 28.2. The van der Waals surface area contributed by atoms with E-state index in [4.69, 9.17) is 9.47 Å². The Morgan fingerprint density at radius 2 is 1.04 bits per heavy atom. The molecular weight excluding hydrogens is 887 g/mol. The number of hydrogen-bond donors (Lipinski definition) is 8. The van der Waals surface area contributed by atoms with Crippen LogP contribution in [-0.4, -0.2) is 108 Å².